The molecule has 3 amide bonds. The molecule has 0 radical (unpaired) electrons. The molecule has 12 heteroatoms. The lowest BCUT2D eigenvalue weighted by atomic mass is 9.85. The van der Waals surface area contributed by atoms with Crippen molar-refractivity contribution in [3.05, 3.63) is 41.6 Å². The minimum absolute atomic E-state index is 0.0567. The second-order valence-corrected chi connectivity index (χ2v) is 14.2. The smallest absolute Gasteiger partial charge is 0.243 e. The predicted octanol–water partition coefficient (Wildman–Crippen LogP) is 4.29. The highest BCUT2D eigenvalue weighted by atomic mass is 32.2. The van der Waals surface area contributed by atoms with Gasteiger partial charge in [-0.1, -0.05) is 39.5 Å². The largest absolute Gasteiger partial charge is 0.493 e. The number of amides is 3. The fraction of sp³-hybridized carbons (Fsp3) is 0.629. The van der Waals surface area contributed by atoms with Gasteiger partial charge in [0.15, 0.2) is 0 Å². The number of methoxy groups -OCH3 is 1. The first-order valence-electron chi connectivity index (χ1n) is 16.5. The van der Waals surface area contributed by atoms with Crippen LogP contribution < -0.4 is 15.4 Å². The third-order valence-electron chi connectivity index (χ3n) is 8.57. The van der Waals surface area contributed by atoms with Crippen LogP contribution in [-0.4, -0.2) is 91.5 Å². The number of benzene rings is 1. The fourth-order valence-electron chi connectivity index (χ4n) is 5.94. The molecule has 0 saturated carbocycles. The van der Waals surface area contributed by atoms with E-state index in [1.807, 2.05) is 45.9 Å². The molecule has 2 saturated heterocycles. The van der Waals surface area contributed by atoms with E-state index in [2.05, 4.69) is 22.2 Å². The van der Waals surface area contributed by atoms with Crippen LogP contribution >= 0.6 is 11.8 Å². The molecule has 2 heterocycles. The first-order valence-corrected chi connectivity index (χ1v) is 17.6. The number of likely N-dealkylation sites (tertiary alicyclic amines) is 2. The second kappa shape index (κ2) is 18.9. The molecule has 11 nitrogen and oxygen atoms in total. The summed E-state index contributed by atoms with van der Waals surface area (Å²) in [6, 6.07) is 5.02. The quantitative estimate of drug-likeness (QED) is 0.0825. The molecule has 0 aliphatic carbocycles. The van der Waals surface area contributed by atoms with Crippen LogP contribution in [0.2, 0.25) is 0 Å². The molecule has 2 fully saturated rings. The number of hydrogen-bond acceptors (Lipinski definition) is 9. The molecule has 2 aliphatic heterocycles. The van der Waals surface area contributed by atoms with Crippen molar-refractivity contribution in [3.63, 3.8) is 0 Å². The van der Waals surface area contributed by atoms with Gasteiger partial charge in [0, 0.05) is 50.3 Å². The first kappa shape index (κ1) is 38.2. The van der Waals surface area contributed by atoms with Gasteiger partial charge in [-0.2, -0.15) is 0 Å². The Labute approximate surface area is 284 Å². The fourth-order valence-corrected chi connectivity index (χ4v) is 6.64. The zero-order chi connectivity index (χ0) is 34.4. The molecular weight excluding hydrogens is 618 g/mol. The molecule has 2 atom stereocenters. The molecule has 0 spiro atoms. The lowest BCUT2D eigenvalue weighted by molar-refractivity contribution is -0.142. The molecular formula is C35H53N5O6S. The van der Waals surface area contributed by atoms with Crippen LogP contribution in [0.4, 0.5) is 0 Å². The molecule has 3 rings (SSSR count). The number of carbonyl (C=O) groups excluding carboxylic acids is 4. The highest BCUT2D eigenvalue weighted by Gasteiger charge is 2.41. The Morgan fingerprint density at radius 3 is 2.57 bits per heavy atom. The van der Waals surface area contributed by atoms with E-state index < -0.39 is 12.1 Å². The Morgan fingerprint density at radius 1 is 1.17 bits per heavy atom. The maximum atomic E-state index is 13.6. The third kappa shape index (κ3) is 12.1. The maximum Gasteiger partial charge on any atom is 0.243 e. The number of hydrogen-bond donors (Lipinski definition) is 2. The lowest BCUT2D eigenvalue weighted by Crippen LogP contribution is -2.56. The summed E-state index contributed by atoms with van der Waals surface area (Å²) in [6.45, 7) is 14.5. The first-order chi connectivity index (χ1) is 22.4. The third-order valence-corrected chi connectivity index (χ3v) is 9.33. The van der Waals surface area contributed by atoms with E-state index in [4.69, 9.17) is 9.47 Å². The number of aldehydes is 1. The number of rotatable bonds is 17. The van der Waals surface area contributed by atoms with Crippen LogP contribution in [0.1, 0.15) is 77.3 Å². The minimum atomic E-state index is -0.534. The molecule has 2 aliphatic rings. The van der Waals surface area contributed by atoms with E-state index in [9.17, 15) is 19.2 Å². The monoisotopic (exact) mass is 671 g/mol. The number of ether oxygens (including phenoxy) is 2. The lowest BCUT2D eigenvalue weighted by Gasteiger charge is -2.35. The minimum Gasteiger partial charge on any atom is -0.493 e. The summed E-state index contributed by atoms with van der Waals surface area (Å²) in [4.78, 5) is 57.6. The van der Waals surface area contributed by atoms with E-state index in [0.717, 1.165) is 48.3 Å². The van der Waals surface area contributed by atoms with Gasteiger partial charge < -0.3 is 29.4 Å². The molecule has 47 heavy (non-hydrogen) atoms. The molecule has 0 bridgehead atoms. The predicted molar refractivity (Wildman–Crippen MR) is 186 cm³/mol. The molecule has 1 unspecified atom stereocenters. The van der Waals surface area contributed by atoms with Gasteiger partial charge in [-0.15, -0.1) is 11.8 Å². The Morgan fingerprint density at radius 2 is 1.91 bits per heavy atom. The van der Waals surface area contributed by atoms with Crippen LogP contribution in [-0.2, 0) is 36.2 Å². The van der Waals surface area contributed by atoms with Gasteiger partial charge in [-0.25, -0.2) is 0 Å². The highest BCUT2D eigenvalue weighted by molar-refractivity contribution is 8.11. The highest BCUT2D eigenvalue weighted by Crippen LogP contribution is 2.28. The summed E-state index contributed by atoms with van der Waals surface area (Å²) in [7, 11) is 1.58. The number of thioether (sulfide) groups is 1. The summed E-state index contributed by atoms with van der Waals surface area (Å²) in [5.41, 5.74) is 4.11. The number of nitrogens with one attached hydrogen (secondary N) is 2. The standard InChI is InChI=1S/C35H53N5O6S/c1-25(2)38-24-47-22-27-9-10-28(30(20-27)46-19-14-26-11-16-39(17-12-26)31(42)13-18-41)21-36-33(43)29-8-7-15-40(29)34(44)32(35(3,4)5)37-23-45-6/h9-10,18,20,24,26,29,32,37H,1,7-8,11-17,19,21-23H2,2-6H3,(H,36,43)/t29?,32-/m1/s1. The summed E-state index contributed by atoms with van der Waals surface area (Å²) in [5.74, 6) is 1.48. The van der Waals surface area contributed by atoms with Crippen LogP contribution in [0.5, 0.6) is 5.75 Å². The van der Waals surface area contributed by atoms with Crippen molar-refractivity contribution in [1.29, 1.82) is 0 Å². The average molecular weight is 672 g/mol. The summed E-state index contributed by atoms with van der Waals surface area (Å²) >= 11 is 1.57. The van der Waals surface area contributed by atoms with Gasteiger partial charge >= 0.3 is 0 Å². The number of aliphatic imine (C=N–C) groups is 1. The van der Waals surface area contributed by atoms with Crippen molar-refractivity contribution in [2.24, 2.45) is 16.3 Å². The Kier molecular flexibility index (Phi) is 15.4. The van der Waals surface area contributed by atoms with E-state index in [-0.39, 0.29) is 42.8 Å². The van der Waals surface area contributed by atoms with Crippen LogP contribution in [0.3, 0.4) is 0 Å². The van der Waals surface area contributed by atoms with Crippen molar-refractivity contribution in [2.45, 2.75) is 90.6 Å². The zero-order valence-electron chi connectivity index (χ0n) is 28.7. The summed E-state index contributed by atoms with van der Waals surface area (Å²) in [5, 5.41) is 6.27. The average Bonchev–Trinajstić information content (AvgIpc) is 3.53. The number of carbonyl (C=O) groups is 4. The topological polar surface area (TPSA) is 130 Å². The van der Waals surface area contributed by atoms with Crippen LogP contribution in [0.15, 0.2) is 35.5 Å². The van der Waals surface area contributed by atoms with E-state index in [1.165, 1.54) is 0 Å². The van der Waals surface area contributed by atoms with Crippen LogP contribution in [0, 0.1) is 11.3 Å². The molecule has 2 N–H and O–H groups in total. The zero-order valence-corrected chi connectivity index (χ0v) is 29.5. The van der Waals surface area contributed by atoms with Gasteiger partial charge in [-0.3, -0.25) is 24.7 Å². The van der Waals surface area contributed by atoms with Crippen molar-refractivity contribution < 1.29 is 28.7 Å². The maximum absolute atomic E-state index is 13.6. The van der Waals surface area contributed by atoms with E-state index >= 15 is 0 Å². The van der Waals surface area contributed by atoms with Crippen molar-refractivity contribution in [3.8, 4) is 5.75 Å². The van der Waals surface area contributed by atoms with Gasteiger partial charge in [0.05, 0.1) is 31.3 Å². The summed E-state index contributed by atoms with van der Waals surface area (Å²) in [6.07, 6.45) is 4.59. The Hall–Kier alpha value is -3.22. The number of nitrogens with zero attached hydrogens (tertiary/aromatic N) is 3. The normalized spacial score (nSPS) is 17.9. The van der Waals surface area contributed by atoms with Crippen molar-refractivity contribution in [2.75, 3.05) is 40.1 Å². The number of piperidine rings is 1. The van der Waals surface area contributed by atoms with Gasteiger partial charge in [-0.05, 0) is 62.0 Å². The second-order valence-electron chi connectivity index (χ2n) is 13.4. The van der Waals surface area contributed by atoms with E-state index in [0.29, 0.717) is 50.6 Å². The Balaban J connectivity index is 1.65. The number of allylic oxidation sites excluding steroid dienone is 1. The van der Waals surface area contributed by atoms with Crippen molar-refractivity contribution >= 4 is 41.3 Å². The molecule has 1 aromatic carbocycles. The molecule has 260 valence electrons. The molecule has 0 aromatic heterocycles. The molecule has 1 aromatic rings. The van der Waals surface area contributed by atoms with Crippen molar-refractivity contribution in [1.82, 2.24) is 20.4 Å². The Bertz CT molecular complexity index is 1260. The van der Waals surface area contributed by atoms with Crippen LogP contribution in [0.25, 0.3) is 0 Å². The van der Waals surface area contributed by atoms with E-state index in [1.54, 1.807) is 34.2 Å². The summed E-state index contributed by atoms with van der Waals surface area (Å²) < 4.78 is 11.5. The SMILES string of the molecule is C=C(C)N=CSCc1ccc(CNC(=O)C2CCCN2C(=O)[C@@H](NCOC)C(C)(C)C)c(OCCC2CCN(C(=O)CC=O)CC2)c1. The van der Waals surface area contributed by atoms with Gasteiger partial charge in [0.2, 0.25) is 17.7 Å². The van der Waals surface area contributed by atoms with Gasteiger partial charge in [0.25, 0.3) is 0 Å². The van der Waals surface area contributed by atoms with Gasteiger partial charge in [0.1, 0.15) is 18.1 Å².